The fourth-order valence-corrected chi connectivity index (χ4v) is 2.40. The molecule has 0 saturated carbocycles. The van der Waals surface area contributed by atoms with E-state index in [4.69, 9.17) is 17.0 Å². The van der Waals surface area contributed by atoms with E-state index >= 15 is 0 Å². The third kappa shape index (κ3) is 6.09. The Morgan fingerprint density at radius 2 is 2.00 bits per heavy atom. The van der Waals surface area contributed by atoms with Crippen LogP contribution in [-0.2, 0) is 0 Å². The van der Waals surface area contributed by atoms with Crippen LogP contribution in [-0.4, -0.2) is 54.2 Å². The van der Waals surface area contributed by atoms with E-state index in [9.17, 15) is 5.11 Å². The van der Waals surface area contributed by atoms with E-state index in [1.54, 1.807) is 6.07 Å². The first-order chi connectivity index (χ1) is 12.2. The van der Waals surface area contributed by atoms with E-state index in [1.807, 2.05) is 43.3 Å². The molecule has 2 aromatic rings. The summed E-state index contributed by atoms with van der Waals surface area (Å²) in [6.07, 6.45) is -0.606. The van der Waals surface area contributed by atoms with Crippen molar-refractivity contribution in [1.29, 1.82) is 0 Å². The summed E-state index contributed by atoms with van der Waals surface area (Å²) in [6, 6.07) is 9.54. The standard InChI is InChI=1S/C19H28N4O2S/c1-19(2,3)20-11-14(24)12-25-17-8-6-13(23(4)5)10-15(17)16-7-9-18(26)22-21-16/h6-10,14,20,24H,11-12H2,1-5H3,(H,22,26). The molecule has 1 unspecified atom stereocenters. The quantitative estimate of drug-likeness (QED) is 0.645. The van der Waals surface area contributed by atoms with Crippen LogP contribution in [0.5, 0.6) is 5.75 Å². The summed E-state index contributed by atoms with van der Waals surface area (Å²) in [5.74, 6) is 0.670. The molecule has 6 nitrogen and oxygen atoms in total. The van der Waals surface area contributed by atoms with Crippen LogP contribution in [0.25, 0.3) is 11.3 Å². The number of nitrogens with zero attached hydrogens (tertiary/aromatic N) is 2. The van der Waals surface area contributed by atoms with Gasteiger partial charge in [0.2, 0.25) is 0 Å². The van der Waals surface area contributed by atoms with E-state index in [0.29, 0.717) is 16.9 Å². The third-order valence-electron chi connectivity index (χ3n) is 3.73. The lowest BCUT2D eigenvalue weighted by molar-refractivity contribution is 0.100. The second-order valence-electron chi connectivity index (χ2n) is 7.48. The SMILES string of the molecule is CN(C)c1ccc(OCC(O)CNC(C)(C)C)c(-c2ccc(=S)[nH]n2)c1. The summed E-state index contributed by atoms with van der Waals surface area (Å²) in [5.41, 5.74) is 2.56. The number of H-pyrrole nitrogens is 1. The van der Waals surface area contributed by atoms with Gasteiger partial charge in [0.1, 0.15) is 23.1 Å². The highest BCUT2D eigenvalue weighted by atomic mass is 32.1. The van der Waals surface area contributed by atoms with Crippen LogP contribution >= 0.6 is 12.2 Å². The van der Waals surface area contributed by atoms with Crippen LogP contribution < -0.4 is 15.0 Å². The van der Waals surface area contributed by atoms with Crippen LogP contribution in [0.15, 0.2) is 30.3 Å². The van der Waals surface area contributed by atoms with Crippen molar-refractivity contribution in [2.75, 3.05) is 32.1 Å². The molecule has 26 heavy (non-hydrogen) atoms. The summed E-state index contributed by atoms with van der Waals surface area (Å²) in [5, 5.41) is 20.6. The monoisotopic (exact) mass is 376 g/mol. The Kier molecular flexibility index (Phi) is 6.75. The molecule has 0 bridgehead atoms. The number of aliphatic hydroxyl groups is 1. The Hall–Kier alpha value is -1.96. The highest BCUT2D eigenvalue weighted by molar-refractivity contribution is 7.71. The van der Waals surface area contributed by atoms with E-state index in [1.165, 1.54) is 0 Å². The Balaban J connectivity index is 2.19. The number of rotatable bonds is 7. The largest absolute Gasteiger partial charge is 0.490 e. The molecule has 0 spiro atoms. The van der Waals surface area contributed by atoms with E-state index in [-0.39, 0.29) is 12.1 Å². The van der Waals surface area contributed by atoms with Crippen LogP contribution in [0, 0.1) is 4.64 Å². The molecule has 142 valence electrons. The summed E-state index contributed by atoms with van der Waals surface area (Å²) >= 11 is 5.07. The van der Waals surface area contributed by atoms with Gasteiger partial charge in [-0.05, 0) is 51.1 Å². The maximum absolute atomic E-state index is 10.2. The van der Waals surface area contributed by atoms with E-state index in [0.717, 1.165) is 16.9 Å². The molecule has 0 aliphatic heterocycles. The zero-order valence-corrected chi connectivity index (χ0v) is 16.9. The summed E-state index contributed by atoms with van der Waals surface area (Å²) in [6.45, 7) is 6.84. The average molecular weight is 377 g/mol. The maximum atomic E-state index is 10.2. The molecule has 7 heteroatoms. The Morgan fingerprint density at radius 3 is 2.58 bits per heavy atom. The fraction of sp³-hybridized carbons (Fsp3) is 0.474. The minimum absolute atomic E-state index is 0.0504. The zero-order valence-electron chi connectivity index (χ0n) is 16.0. The number of hydrogen-bond donors (Lipinski definition) is 3. The summed E-state index contributed by atoms with van der Waals surface area (Å²) in [7, 11) is 3.96. The lowest BCUT2D eigenvalue weighted by Gasteiger charge is -2.23. The minimum atomic E-state index is -0.606. The van der Waals surface area contributed by atoms with Gasteiger partial charge >= 0.3 is 0 Å². The molecular formula is C19H28N4O2S. The Labute approximate surface area is 160 Å². The molecule has 0 aliphatic carbocycles. The van der Waals surface area contributed by atoms with Gasteiger partial charge in [-0.25, -0.2) is 0 Å². The first-order valence-electron chi connectivity index (χ1n) is 8.59. The molecule has 0 fully saturated rings. The number of aromatic nitrogens is 2. The van der Waals surface area contributed by atoms with Crippen molar-refractivity contribution in [2.24, 2.45) is 0 Å². The highest BCUT2D eigenvalue weighted by Gasteiger charge is 2.15. The molecule has 1 atom stereocenters. The molecule has 1 aromatic heterocycles. The van der Waals surface area contributed by atoms with Gasteiger partial charge in [-0.3, -0.25) is 5.10 Å². The summed E-state index contributed by atoms with van der Waals surface area (Å²) < 4.78 is 6.47. The first kappa shape index (κ1) is 20.4. The van der Waals surface area contributed by atoms with Crippen LogP contribution in [0.4, 0.5) is 5.69 Å². The Bertz CT molecular complexity index is 763. The van der Waals surface area contributed by atoms with E-state index in [2.05, 4.69) is 36.3 Å². The number of nitrogens with one attached hydrogen (secondary N) is 2. The topological polar surface area (TPSA) is 73.4 Å². The Morgan fingerprint density at radius 1 is 1.27 bits per heavy atom. The molecule has 0 saturated heterocycles. The zero-order chi connectivity index (χ0) is 19.3. The number of β-amino-alcohol motifs (C(OH)–C–C–N with tert-alkyl or cyclic N) is 1. The van der Waals surface area contributed by atoms with E-state index < -0.39 is 6.10 Å². The first-order valence-corrected chi connectivity index (χ1v) is 9.00. The second kappa shape index (κ2) is 8.62. The maximum Gasteiger partial charge on any atom is 0.129 e. The summed E-state index contributed by atoms with van der Waals surface area (Å²) in [4.78, 5) is 2.01. The normalized spacial score (nSPS) is 12.7. The highest BCUT2D eigenvalue weighted by Crippen LogP contribution is 2.32. The van der Waals surface area contributed by atoms with Crippen LogP contribution in [0.1, 0.15) is 20.8 Å². The van der Waals surface area contributed by atoms with Gasteiger partial charge in [-0.1, -0.05) is 12.2 Å². The smallest absolute Gasteiger partial charge is 0.129 e. The number of aliphatic hydroxyl groups excluding tert-OH is 1. The number of anilines is 1. The number of ether oxygens (including phenoxy) is 1. The minimum Gasteiger partial charge on any atom is -0.490 e. The van der Waals surface area contributed by atoms with Gasteiger partial charge in [-0.2, -0.15) is 5.10 Å². The van der Waals surface area contributed by atoms with Crippen molar-refractivity contribution in [2.45, 2.75) is 32.4 Å². The molecule has 1 aromatic carbocycles. The van der Waals surface area contributed by atoms with Gasteiger partial charge in [-0.15, -0.1) is 0 Å². The molecule has 1 heterocycles. The van der Waals surface area contributed by atoms with Gasteiger partial charge < -0.3 is 20.1 Å². The predicted molar refractivity (Wildman–Crippen MR) is 108 cm³/mol. The number of benzene rings is 1. The van der Waals surface area contributed by atoms with Gasteiger partial charge in [0, 0.05) is 37.4 Å². The van der Waals surface area contributed by atoms with Gasteiger partial charge in [0.25, 0.3) is 0 Å². The van der Waals surface area contributed by atoms with Crippen molar-refractivity contribution in [1.82, 2.24) is 15.5 Å². The van der Waals surface area contributed by atoms with Crippen molar-refractivity contribution in [3.05, 3.63) is 35.0 Å². The molecule has 3 N–H and O–H groups in total. The average Bonchev–Trinajstić information content (AvgIpc) is 2.58. The van der Waals surface area contributed by atoms with Crippen molar-refractivity contribution in [3.63, 3.8) is 0 Å². The molecular weight excluding hydrogens is 348 g/mol. The fourth-order valence-electron chi connectivity index (χ4n) is 2.29. The third-order valence-corrected chi connectivity index (χ3v) is 3.96. The number of hydrogen-bond acceptors (Lipinski definition) is 6. The lowest BCUT2D eigenvalue weighted by atomic mass is 10.1. The van der Waals surface area contributed by atoms with Gasteiger partial charge in [0.15, 0.2) is 0 Å². The molecule has 2 rings (SSSR count). The molecule has 0 aliphatic rings. The van der Waals surface area contributed by atoms with Crippen molar-refractivity contribution < 1.29 is 9.84 Å². The second-order valence-corrected chi connectivity index (χ2v) is 7.92. The number of aromatic amines is 1. The van der Waals surface area contributed by atoms with Crippen LogP contribution in [0.3, 0.4) is 0 Å². The predicted octanol–water partition coefficient (Wildman–Crippen LogP) is 3.00. The van der Waals surface area contributed by atoms with Crippen LogP contribution in [0.2, 0.25) is 0 Å². The van der Waals surface area contributed by atoms with Crippen molar-refractivity contribution in [3.8, 4) is 17.0 Å². The molecule has 0 amide bonds. The lowest BCUT2D eigenvalue weighted by Crippen LogP contribution is -2.42. The molecule has 0 radical (unpaired) electrons. The van der Waals surface area contributed by atoms with Gasteiger partial charge in [0.05, 0.1) is 5.69 Å². The van der Waals surface area contributed by atoms with Crippen molar-refractivity contribution >= 4 is 17.9 Å².